The fourth-order valence-electron chi connectivity index (χ4n) is 10.2. The van der Waals surface area contributed by atoms with E-state index in [1.165, 1.54) is 0 Å². The molecule has 1 atom stereocenters. The first-order chi connectivity index (χ1) is 35.0. The monoisotopic (exact) mass is 917 g/mol. The van der Waals surface area contributed by atoms with Gasteiger partial charge in [-0.25, -0.2) is 24.5 Å². The van der Waals surface area contributed by atoms with Gasteiger partial charge >= 0.3 is 11.3 Å². The standard InChI is InChI=1S/C61H35N5O5/c67-60-41-20-8-2-16-37(41)33-50(71-60)53-52(45-27-25-35-14-3-9-21-43(35)63-45)58(56-40-19-7-1-13-34(40)29-30-62-56)66-59-55(53)51(42-31-39-18-6-12-24-48(39)70-61(42)68)54(49-28-26-36-15-5-11-23-47(36)69-49)57(65-59)46-32-38-17-4-10-22-44(38)64-46/h1-33,49,64H. The summed E-state index contributed by atoms with van der Waals surface area (Å²) in [6.45, 7) is 0. The van der Waals surface area contributed by atoms with E-state index in [2.05, 4.69) is 4.98 Å². The number of aromatic amines is 1. The fourth-order valence-corrected chi connectivity index (χ4v) is 10.2. The molecule has 0 bridgehead atoms. The molecule has 14 rings (SSSR count). The number of hydrogen-bond donors (Lipinski definition) is 1. The van der Waals surface area contributed by atoms with Gasteiger partial charge in [0, 0.05) is 66.5 Å². The zero-order valence-corrected chi connectivity index (χ0v) is 37.5. The normalized spacial score (nSPS) is 13.4. The fraction of sp³-hybridized carbons (Fsp3) is 0.0164. The molecule has 1 N–H and O–H groups in total. The van der Waals surface area contributed by atoms with Gasteiger partial charge in [-0.2, -0.15) is 0 Å². The molecule has 0 saturated carbocycles. The van der Waals surface area contributed by atoms with E-state index in [0.29, 0.717) is 83.6 Å². The average molecular weight is 918 g/mol. The Morgan fingerprint density at radius 3 is 2.14 bits per heavy atom. The van der Waals surface area contributed by atoms with E-state index >= 15 is 4.79 Å². The molecule has 10 heteroatoms. The first kappa shape index (κ1) is 40.3. The van der Waals surface area contributed by atoms with Gasteiger partial charge in [0.15, 0.2) is 5.65 Å². The molecule has 1 unspecified atom stereocenters. The second-order valence-corrected chi connectivity index (χ2v) is 17.6. The van der Waals surface area contributed by atoms with Crippen molar-refractivity contribution < 1.29 is 13.6 Å². The molecule has 10 nitrogen and oxygen atoms in total. The molecule has 334 valence electrons. The van der Waals surface area contributed by atoms with Crippen LogP contribution in [0, 0.1) is 0 Å². The van der Waals surface area contributed by atoms with Crippen molar-refractivity contribution in [2.75, 3.05) is 0 Å². The van der Waals surface area contributed by atoms with Crippen molar-refractivity contribution in [2.45, 2.75) is 6.10 Å². The lowest BCUT2D eigenvalue weighted by molar-refractivity contribution is 0.252. The molecule has 0 amide bonds. The number of benzene rings is 6. The highest BCUT2D eigenvalue weighted by Crippen LogP contribution is 2.51. The van der Waals surface area contributed by atoms with Crippen LogP contribution in [0.2, 0.25) is 0 Å². The number of H-pyrrole nitrogens is 1. The third kappa shape index (κ3) is 6.57. The van der Waals surface area contributed by atoms with E-state index in [1.54, 1.807) is 18.3 Å². The van der Waals surface area contributed by atoms with E-state index in [0.717, 1.165) is 38.1 Å². The molecule has 8 heterocycles. The summed E-state index contributed by atoms with van der Waals surface area (Å²) in [7, 11) is 0. The Morgan fingerprint density at radius 1 is 0.521 bits per heavy atom. The van der Waals surface area contributed by atoms with Crippen molar-refractivity contribution in [1.82, 2.24) is 24.9 Å². The van der Waals surface area contributed by atoms with Crippen molar-refractivity contribution in [2.24, 2.45) is 0 Å². The lowest BCUT2D eigenvalue weighted by Crippen LogP contribution is -2.16. The molecular weight excluding hydrogens is 883 g/mol. The van der Waals surface area contributed by atoms with Crippen LogP contribution < -0.4 is 16.0 Å². The molecule has 1 aliphatic rings. The van der Waals surface area contributed by atoms with Crippen LogP contribution in [0.4, 0.5) is 0 Å². The highest BCUT2D eigenvalue weighted by atomic mass is 16.5. The molecule has 1 aliphatic heterocycles. The number of pyridine rings is 4. The predicted molar refractivity (Wildman–Crippen MR) is 280 cm³/mol. The molecule has 6 aromatic carbocycles. The number of aromatic nitrogens is 5. The summed E-state index contributed by atoms with van der Waals surface area (Å²) in [5, 5.41) is 5.81. The van der Waals surface area contributed by atoms with Crippen molar-refractivity contribution >= 4 is 71.4 Å². The zero-order chi connectivity index (χ0) is 47.2. The largest absolute Gasteiger partial charge is 0.481 e. The number of nitrogens with zero attached hydrogens (tertiary/aromatic N) is 4. The molecule has 71 heavy (non-hydrogen) atoms. The Morgan fingerprint density at radius 2 is 1.25 bits per heavy atom. The number of fused-ring (bicyclic) bond motifs is 7. The minimum absolute atomic E-state index is 0.204. The summed E-state index contributed by atoms with van der Waals surface area (Å²) in [6, 6.07) is 58.1. The van der Waals surface area contributed by atoms with Crippen LogP contribution in [-0.2, 0) is 0 Å². The summed E-state index contributed by atoms with van der Waals surface area (Å²) in [5.41, 5.74) is 6.82. The summed E-state index contributed by atoms with van der Waals surface area (Å²) in [5.74, 6) is 0.854. The van der Waals surface area contributed by atoms with Crippen molar-refractivity contribution in [1.29, 1.82) is 0 Å². The summed E-state index contributed by atoms with van der Waals surface area (Å²) in [6.07, 6.45) is 4.95. The van der Waals surface area contributed by atoms with Gasteiger partial charge in [0.05, 0.1) is 39.2 Å². The van der Waals surface area contributed by atoms with E-state index in [-0.39, 0.29) is 17.0 Å². The Bertz CT molecular complexity index is 4490. The second-order valence-electron chi connectivity index (χ2n) is 17.6. The Labute approximate surface area is 402 Å². The highest BCUT2D eigenvalue weighted by Gasteiger charge is 2.34. The second kappa shape index (κ2) is 15.9. The van der Waals surface area contributed by atoms with E-state index in [1.807, 2.05) is 182 Å². The van der Waals surface area contributed by atoms with E-state index < -0.39 is 17.4 Å². The molecule has 0 saturated heterocycles. The van der Waals surface area contributed by atoms with Gasteiger partial charge in [0.1, 0.15) is 28.9 Å². The summed E-state index contributed by atoms with van der Waals surface area (Å²) < 4.78 is 19.9. The quantitative estimate of drug-likeness (QED) is 0.162. The summed E-state index contributed by atoms with van der Waals surface area (Å²) >= 11 is 0. The zero-order valence-electron chi connectivity index (χ0n) is 37.5. The molecule has 0 spiro atoms. The number of ether oxygens (including phenoxy) is 1. The average Bonchev–Trinajstić information content (AvgIpc) is 3.86. The minimum Gasteiger partial charge on any atom is -0.481 e. The number of hydrogen-bond acceptors (Lipinski definition) is 9. The molecule has 0 radical (unpaired) electrons. The topological polar surface area (TPSA) is 137 Å². The van der Waals surface area contributed by atoms with Crippen molar-refractivity contribution in [3.05, 3.63) is 226 Å². The molecule has 13 aromatic rings. The van der Waals surface area contributed by atoms with Crippen molar-refractivity contribution in [3.63, 3.8) is 0 Å². The van der Waals surface area contributed by atoms with Gasteiger partial charge in [-0.1, -0.05) is 127 Å². The third-order valence-electron chi connectivity index (χ3n) is 13.4. The van der Waals surface area contributed by atoms with Gasteiger partial charge in [-0.15, -0.1) is 0 Å². The SMILES string of the molecule is O=c1oc2ccccc2cc1-c1c(C2C=Cc3ccccc3O2)c(-c2cc3ccccc3[nH]2)nc2nc(-c3nccc4ccccc34)c(-c3ccc4ccccc4n3)c(-c3cc4ccccc4c(=O)o3)c12. The Kier molecular flexibility index (Phi) is 9.02. The van der Waals surface area contributed by atoms with Gasteiger partial charge in [0.2, 0.25) is 0 Å². The maximum atomic E-state index is 15.1. The van der Waals surface area contributed by atoms with Gasteiger partial charge in [-0.3, -0.25) is 4.98 Å². The molecule has 0 aliphatic carbocycles. The summed E-state index contributed by atoms with van der Waals surface area (Å²) in [4.78, 5) is 54.9. The number of nitrogens with one attached hydrogen (secondary N) is 1. The molecular formula is C61H35N5O5. The van der Waals surface area contributed by atoms with Crippen LogP contribution in [0.1, 0.15) is 17.2 Å². The van der Waals surface area contributed by atoms with Crippen LogP contribution in [0.15, 0.2) is 213 Å². The lowest BCUT2D eigenvalue weighted by atomic mass is 9.85. The van der Waals surface area contributed by atoms with Crippen LogP contribution in [0.3, 0.4) is 0 Å². The highest BCUT2D eigenvalue weighted by molar-refractivity contribution is 6.15. The first-order valence-corrected chi connectivity index (χ1v) is 23.2. The Hall–Kier alpha value is -9.80. The van der Waals surface area contributed by atoms with Crippen LogP contribution in [0.5, 0.6) is 5.75 Å². The van der Waals surface area contributed by atoms with Gasteiger partial charge < -0.3 is 18.6 Å². The maximum absolute atomic E-state index is 15.1. The maximum Gasteiger partial charge on any atom is 0.344 e. The molecule has 0 fully saturated rings. The lowest BCUT2D eigenvalue weighted by Gasteiger charge is -2.27. The number of para-hydroxylation sites is 4. The Balaban J connectivity index is 1.25. The third-order valence-corrected chi connectivity index (χ3v) is 13.4. The van der Waals surface area contributed by atoms with Crippen LogP contribution in [0.25, 0.3) is 128 Å². The number of rotatable bonds is 6. The first-order valence-electron chi connectivity index (χ1n) is 23.2. The smallest absolute Gasteiger partial charge is 0.344 e. The predicted octanol–water partition coefficient (Wildman–Crippen LogP) is 13.9. The van der Waals surface area contributed by atoms with Crippen LogP contribution in [-0.4, -0.2) is 24.9 Å². The van der Waals surface area contributed by atoms with E-state index in [4.69, 9.17) is 33.5 Å². The van der Waals surface area contributed by atoms with Crippen molar-refractivity contribution in [3.8, 4) is 62.2 Å². The van der Waals surface area contributed by atoms with Gasteiger partial charge in [0.25, 0.3) is 0 Å². The van der Waals surface area contributed by atoms with Gasteiger partial charge in [-0.05, 0) is 77.5 Å². The van der Waals surface area contributed by atoms with Crippen LogP contribution >= 0.6 is 0 Å². The minimum atomic E-state index is -0.817. The molecule has 7 aromatic heterocycles. The van der Waals surface area contributed by atoms with E-state index in [9.17, 15) is 4.79 Å².